The molecule has 0 radical (unpaired) electrons. The Bertz CT molecular complexity index is 1830. The summed E-state index contributed by atoms with van der Waals surface area (Å²) in [6, 6.07) is 27.1. The first-order valence-corrected chi connectivity index (χ1v) is 13.5. The van der Waals surface area contributed by atoms with Crippen molar-refractivity contribution in [3.05, 3.63) is 138 Å². The molecule has 4 heterocycles. The maximum Gasteiger partial charge on any atom is 0.249 e. The molecule has 2 aliphatic heterocycles. The van der Waals surface area contributed by atoms with Gasteiger partial charge in [-0.25, -0.2) is 13.2 Å². The summed E-state index contributed by atoms with van der Waals surface area (Å²) in [7, 11) is 0. The maximum atomic E-state index is 15.7. The lowest BCUT2D eigenvalue weighted by atomic mass is 9.78. The molecule has 0 saturated heterocycles. The van der Waals surface area contributed by atoms with Gasteiger partial charge in [0, 0.05) is 29.3 Å². The summed E-state index contributed by atoms with van der Waals surface area (Å²) >= 11 is 0. The van der Waals surface area contributed by atoms with Crippen molar-refractivity contribution in [2.75, 3.05) is 0 Å². The highest BCUT2D eigenvalue weighted by atomic mass is 19.2. The van der Waals surface area contributed by atoms with E-state index in [-0.39, 0.29) is 23.9 Å². The van der Waals surface area contributed by atoms with Gasteiger partial charge >= 0.3 is 0 Å². The van der Waals surface area contributed by atoms with Gasteiger partial charge in [0.1, 0.15) is 0 Å². The van der Waals surface area contributed by atoms with Gasteiger partial charge < -0.3 is 0 Å². The van der Waals surface area contributed by atoms with E-state index in [0.29, 0.717) is 17.7 Å². The number of aryl methyl sites for hydroxylation is 1. The van der Waals surface area contributed by atoms with Crippen molar-refractivity contribution in [3.8, 4) is 33.6 Å². The van der Waals surface area contributed by atoms with Gasteiger partial charge in [-0.3, -0.25) is 0 Å². The van der Waals surface area contributed by atoms with E-state index in [4.69, 9.17) is 0 Å². The Balaban J connectivity index is 1.59. The largest absolute Gasteiger partial charge is 0.249 e. The molecular weight excluding hydrogens is 505 g/mol. The van der Waals surface area contributed by atoms with Crippen molar-refractivity contribution in [2.45, 2.75) is 31.7 Å². The van der Waals surface area contributed by atoms with Crippen molar-refractivity contribution in [1.82, 2.24) is 0 Å². The molecule has 196 valence electrons. The zero-order valence-electron chi connectivity index (χ0n) is 22.0. The van der Waals surface area contributed by atoms with E-state index in [1.54, 1.807) is 0 Å². The van der Waals surface area contributed by atoms with Gasteiger partial charge in [0.2, 0.25) is 23.1 Å². The Kier molecular flexibility index (Phi) is 5.70. The summed E-state index contributed by atoms with van der Waals surface area (Å²) in [5.74, 6) is -3.82. The summed E-state index contributed by atoms with van der Waals surface area (Å²) in [6.45, 7) is 6.62. The molecule has 2 aromatic heterocycles. The van der Waals surface area contributed by atoms with Gasteiger partial charge in [0.05, 0.1) is 17.0 Å². The van der Waals surface area contributed by atoms with Crippen LogP contribution in [0.4, 0.5) is 13.2 Å². The molecule has 0 bridgehead atoms. The van der Waals surface area contributed by atoms with Gasteiger partial charge in [-0.15, -0.1) is 0 Å². The Labute approximate surface area is 231 Å². The number of allylic oxidation sites excluding steroid dienone is 1. The van der Waals surface area contributed by atoms with Crippen molar-refractivity contribution >= 4 is 5.70 Å². The van der Waals surface area contributed by atoms with Crippen LogP contribution in [0.2, 0.25) is 0 Å². The first kappa shape index (κ1) is 24.5. The van der Waals surface area contributed by atoms with Crippen LogP contribution >= 0.6 is 0 Å². The Morgan fingerprint density at radius 3 is 2.38 bits per heavy atom. The van der Waals surface area contributed by atoms with Gasteiger partial charge in [-0.2, -0.15) is 9.13 Å². The summed E-state index contributed by atoms with van der Waals surface area (Å²) in [5.41, 5.74) is 7.94. The monoisotopic (exact) mass is 532 g/mol. The average Bonchev–Trinajstić information content (AvgIpc) is 3.03. The maximum absolute atomic E-state index is 15.7. The first-order valence-electron chi connectivity index (χ1n) is 13.5. The van der Waals surface area contributed by atoms with E-state index in [9.17, 15) is 8.78 Å². The fourth-order valence-corrected chi connectivity index (χ4v) is 6.71. The van der Waals surface area contributed by atoms with E-state index < -0.39 is 17.5 Å². The summed E-state index contributed by atoms with van der Waals surface area (Å²) in [6.07, 6.45) is 4.76. The smallest absolute Gasteiger partial charge is 0.204 e. The van der Waals surface area contributed by atoms with Crippen molar-refractivity contribution < 1.29 is 22.3 Å². The number of nitrogens with zero attached hydrogens (tertiary/aromatic N) is 2. The van der Waals surface area contributed by atoms with Crippen LogP contribution in [-0.4, -0.2) is 0 Å². The van der Waals surface area contributed by atoms with Gasteiger partial charge in [0.25, 0.3) is 0 Å². The number of hydrogen-bond donors (Lipinski definition) is 0. The molecule has 2 aliphatic rings. The number of fused-ring (bicyclic) bond motifs is 9. The fraction of sp³-hybridized carbons (Fsp3) is 0.143. The van der Waals surface area contributed by atoms with E-state index in [2.05, 4.69) is 35.5 Å². The molecule has 5 aromatic rings. The Morgan fingerprint density at radius 1 is 0.800 bits per heavy atom. The molecule has 2 nitrogen and oxygen atoms in total. The van der Waals surface area contributed by atoms with E-state index >= 15 is 4.39 Å². The topological polar surface area (TPSA) is 7.76 Å². The highest BCUT2D eigenvalue weighted by molar-refractivity contribution is 5.83. The molecule has 2 atom stereocenters. The molecule has 0 N–H and O–H groups in total. The van der Waals surface area contributed by atoms with Crippen LogP contribution < -0.4 is 9.13 Å². The number of aromatic nitrogens is 2. The SMILES string of the molecule is C=C1C2C(CCc3c(cc(F)c(F)c3F)-c3c(-c4ccccc4)c(C)cc[n+]31)c1ccccc1-c1cccc[n+]12. The Morgan fingerprint density at radius 2 is 1.55 bits per heavy atom. The second-order valence-electron chi connectivity index (χ2n) is 10.6. The quantitative estimate of drug-likeness (QED) is 0.154. The number of hydrogen-bond acceptors (Lipinski definition) is 0. The van der Waals surface area contributed by atoms with Crippen LogP contribution in [0.5, 0.6) is 0 Å². The molecule has 2 unspecified atom stereocenters. The molecule has 0 fully saturated rings. The number of pyridine rings is 2. The Hall–Kier alpha value is -4.51. The van der Waals surface area contributed by atoms with Crippen LogP contribution in [-0.2, 0) is 6.42 Å². The van der Waals surface area contributed by atoms with Crippen LogP contribution in [0.3, 0.4) is 0 Å². The van der Waals surface area contributed by atoms with Crippen molar-refractivity contribution in [1.29, 1.82) is 0 Å². The molecule has 5 heteroatoms. The van der Waals surface area contributed by atoms with Crippen LogP contribution in [0.15, 0.2) is 104 Å². The standard InChI is InChI=1S/C35H27F3N2/c1-21-17-19-39-22(2)34-27(24-12-6-7-13-25(24)30-14-8-9-18-40(30)34)16-15-26-28(20-29(36)33(38)32(26)37)35(39)31(21)23-10-4-3-5-11-23/h3-14,17-20,27,34H,2,15-16H2,1H3/q+2. The van der Waals surface area contributed by atoms with E-state index in [0.717, 1.165) is 45.3 Å². The summed E-state index contributed by atoms with van der Waals surface area (Å²) in [4.78, 5) is 0. The highest BCUT2D eigenvalue weighted by Gasteiger charge is 2.47. The lowest BCUT2D eigenvalue weighted by Gasteiger charge is -2.29. The second-order valence-corrected chi connectivity index (χ2v) is 10.6. The normalized spacial score (nSPS) is 17.4. The zero-order valence-corrected chi connectivity index (χ0v) is 22.0. The predicted octanol–water partition coefficient (Wildman–Crippen LogP) is 7.74. The third-order valence-corrected chi connectivity index (χ3v) is 8.49. The van der Waals surface area contributed by atoms with Crippen LogP contribution in [0, 0.1) is 24.4 Å². The molecular formula is C35H27F3N2+2. The number of benzene rings is 3. The van der Waals surface area contributed by atoms with Crippen LogP contribution in [0.1, 0.15) is 35.1 Å². The van der Waals surface area contributed by atoms with Gasteiger partial charge in [-0.1, -0.05) is 48.5 Å². The van der Waals surface area contributed by atoms with Crippen LogP contribution in [0.25, 0.3) is 39.3 Å². The third kappa shape index (κ3) is 3.57. The number of rotatable bonds is 1. The second kappa shape index (κ2) is 9.30. The molecule has 7 rings (SSSR count). The minimum absolute atomic E-state index is 0.0658. The molecule has 40 heavy (non-hydrogen) atoms. The van der Waals surface area contributed by atoms with E-state index in [1.807, 2.05) is 78.4 Å². The molecule has 0 aliphatic carbocycles. The van der Waals surface area contributed by atoms with Crippen molar-refractivity contribution in [2.24, 2.45) is 0 Å². The zero-order chi connectivity index (χ0) is 27.5. The molecule has 3 aromatic carbocycles. The van der Waals surface area contributed by atoms with Crippen molar-refractivity contribution in [3.63, 3.8) is 0 Å². The molecule has 0 saturated carbocycles. The average molecular weight is 533 g/mol. The lowest BCUT2D eigenvalue weighted by Crippen LogP contribution is -2.53. The minimum atomic E-state index is -1.43. The van der Waals surface area contributed by atoms with Gasteiger partial charge in [-0.05, 0) is 61.2 Å². The summed E-state index contributed by atoms with van der Waals surface area (Å²) < 4.78 is 49.7. The molecule has 0 amide bonds. The summed E-state index contributed by atoms with van der Waals surface area (Å²) in [5, 5.41) is 0. The lowest BCUT2D eigenvalue weighted by molar-refractivity contribution is -0.727. The fourth-order valence-electron chi connectivity index (χ4n) is 6.71. The van der Waals surface area contributed by atoms with Gasteiger partial charge in [0.15, 0.2) is 29.8 Å². The molecule has 0 spiro atoms. The first-order chi connectivity index (χ1) is 19.5. The minimum Gasteiger partial charge on any atom is -0.204 e. The van der Waals surface area contributed by atoms with E-state index in [1.165, 1.54) is 0 Å². The third-order valence-electron chi connectivity index (χ3n) is 8.49. The number of halogens is 3. The highest BCUT2D eigenvalue weighted by Crippen LogP contribution is 2.46. The predicted molar refractivity (Wildman–Crippen MR) is 150 cm³/mol.